The van der Waals surface area contributed by atoms with Crippen molar-refractivity contribution in [3.05, 3.63) is 46.5 Å². The number of nitrogens with zero attached hydrogens (tertiary/aromatic N) is 1. The number of anilines is 2. The summed E-state index contributed by atoms with van der Waals surface area (Å²) >= 11 is 6.25. The van der Waals surface area contributed by atoms with E-state index >= 15 is 0 Å². The smallest absolute Gasteiger partial charge is 0.262 e. The molecule has 1 atom stereocenters. The number of amides is 2. The van der Waals surface area contributed by atoms with E-state index in [1.54, 1.807) is 6.07 Å². The van der Waals surface area contributed by atoms with Crippen molar-refractivity contribution >= 4 is 44.8 Å². The number of aryl methyl sites for hydroxylation is 2. The molecule has 0 aromatic heterocycles. The molecule has 2 aliphatic heterocycles. The average Bonchev–Trinajstić information content (AvgIpc) is 3.21. The Hall–Kier alpha value is -2.62. The summed E-state index contributed by atoms with van der Waals surface area (Å²) in [6.07, 6.45) is 0.963. The SMILES string of the molecule is Cc1ccc(NC(=O)[C@@H]2CCCN2S(=O)(=O)c2cc3c(cc2Cl)NC(=O)CO3)cc1C. The highest BCUT2D eigenvalue weighted by molar-refractivity contribution is 7.89. The molecule has 8 nitrogen and oxygen atoms in total. The third-order valence-electron chi connectivity index (χ3n) is 5.53. The third kappa shape index (κ3) is 4.13. The van der Waals surface area contributed by atoms with E-state index in [2.05, 4.69) is 10.6 Å². The number of halogens is 1. The van der Waals surface area contributed by atoms with Crippen LogP contribution in [0.1, 0.15) is 24.0 Å². The maximum atomic E-state index is 13.4. The molecule has 0 spiro atoms. The van der Waals surface area contributed by atoms with Crippen LogP contribution in [0.2, 0.25) is 5.02 Å². The van der Waals surface area contributed by atoms with E-state index in [9.17, 15) is 18.0 Å². The lowest BCUT2D eigenvalue weighted by molar-refractivity contribution is -0.119. The van der Waals surface area contributed by atoms with E-state index in [4.69, 9.17) is 16.3 Å². The van der Waals surface area contributed by atoms with Crippen LogP contribution < -0.4 is 15.4 Å². The van der Waals surface area contributed by atoms with E-state index in [0.717, 1.165) is 11.1 Å². The van der Waals surface area contributed by atoms with Gasteiger partial charge in [0.1, 0.15) is 16.7 Å². The summed E-state index contributed by atoms with van der Waals surface area (Å²) in [5.74, 6) is -0.512. The van der Waals surface area contributed by atoms with Crippen molar-refractivity contribution in [2.24, 2.45) is 0 Å². The number of nitrogens with one attached hydrogen (secondary N) is 2. The topological polar surface area (TPSA) is 105 Å². The minimum atomic E-state index is -4.07. The van der Waals surface area contributed by atoms with Gasteiger partial charge < -0.3 is 15.4 Å². The minimum Gasteiger partial charge on any atom is -0.482 e. The number of carbonyl (C=O) groups excluding carboxylic acids is 2. The van der Waals surface area contributed by atoms with Gasteiger partial charge in [-0.25, -0.2) is 8.42 Å². The van der Waals surface area contributed by atoms with Crippen molar-refractivity contribution in [1.29, 1.82) is 0 Å². The molecule has 164 valence electrons. The van der Waals surface area contributed by atoms with Gasteiger partial charge in [-0.05, 0) is 56.0 Å². The number of carbonyl (C=O) groups is 2. The van der Waals surface area contributed by atoms with E-state index in [-0.39, 0.29) is 40.6 Å². The molecule has 1 fully saturated rings. The first-order valence-corrected chi connectivity index (χ1v) is 11.6. The molecule has 1 saturated heterocycles. The van der Waals surface area contributed by atoms with Gasteiger partial charge in [0.05, 0.1) is 10.7 Å². The molecule has 0 radical (unpaired) electrons. The molecule has 0 bridgehead atoms. The van der Waals surface area contributed by atoms with Crippen molar-refractivity contribution in [2.45, 2.75) is 37.6 Å². The quantitative estimate of drug-likeness (QED) is 0.725. The van der Waals surface area contributed by atoms with Crippen LogP contribution in [0.5, 0.6) is 5.75 Å². The lowest BCUT2D eigenvalue weighted by atomic mass is 10.1. The first kappa shape index (κ1) is 21.6. The van der Waals surface area contributed by atoms with Crippen LogP contribution in [0.4, 0.5) is 11.4 Å². The van der Waals surface area contributed by atoms with Gasteiger partial charge in [0.25, 0.3) is 5.91 Å². The lowest BCUT2D eigenvalue weighted by Gasteiger charge is -2.25. The maximum Gasteiger partial charge on any atom is 0.262 e. The molecule has 2 N–H and O–H groups in total. The second kappa shape index (κ2) is 8.14. The summed E-state index contributed by atoms with van der Waals surface area (Å²) in [6.45, 7) is 3.92. The molecule has 31 heavy (non-hydrogen) atoms. The molecule has 4 rings (SSSR count). The van der Waals surface area contributed by atoms with Gasteiger partial charge in [-0.15, -0.1) is 0 Å². The summed E-state index contributed by atoms with van der Waals surface area (Å²) in [4.78, 5) is 24.3. The normalized spacial score (nSPS) is 18.8. The Bertz CT molecular complexity index is 1180. The molecular formula is C21H22ClN3O5S. The van der Waals surface area contributed by atoms with E-state index < -0.39 is 16.1 Å². The van der Waals surface area contributed by atoms with Crippen molar-refractivity contribution in [1.82, 2.24) is 4.31 Å². The van der Waals surface area contributed by atoms with Crippen LogP contribution in [0.15, 0.2) is 35.2 Å². The Balaban J connectivity index is 1.61. The number of benzene rings is 2. The zero-order valence-corrected chi connectivity index (χ0v) is 18.6. The van der Waals surface area contributed by atoms with Gasteiger partial charge in [-0.1, -0.05) is 17.7 Å². The highest BCUT2D eigenvalue weighted by atomic mass is 35.5. The van der Waals surface area contributed by atoms with Crippen LogP contribution in [-0.2, 0) is 19.6 Å². The number of hydrogen-bond acceptors (Lipinski definition) is 5. The molecule has 2 aliphatic rings. The van der Waals surface area contributed by atoms with Gasteiger partial charge in [0.2, 0.25) is 15.9 Å². The molecule has 0 saturated carbocycles. The molecular weight excluding hydrogens is 442 g/mol. The average molecular weight is 464 g/mol. The summed E-state index contributed by atoms with van der Waals surface area (Å²) in [5, 5.41) is 5.36. The van der Waals surface area contributed by atoms with E-state index in [1.807, 2.05) is 26.0 Å². The van der Waals surface area contributed by atoms with Gasteiger partial charge >= 0.3 is 0 Å². The molecule has 10 heteroatoms. The molecule has 2 aromatic carbocycles. The Kier molecular flexibility index (Phi) is 5.67. The monoisotopic (exact) mass is 463 g/mol. The summed E-state index contributed by atoms with van der Waals surface area (Å²) in [5.41, 5.74) is 3.06. The van der Waals surface area contributed by atoms with Crippen molar-refractivity contribution in [3.63, 3.8) is 0 Å². The lowest BCUT2D eigenvalue weighted by Crippen LogP contribution is -2.43. The fourth-order valence-electron chi connectivity index (χ4n) is 3.74. The summed E-state index contributed by atoms with van der Waals surface area (Å²) in [7, 11) is -4.07. The van der Waals surface area contributed by atoms with Gasteiger partial charge in [-0.2, -0.15) is 4.31 Å². The number of hydrogen-bond donors (Lipinski definition) is 2. The first-order valence-electron chi connectivity index (χ1n) is 9.83. The Morgan fingerprint density at radius 1 is 1.23 bits per heavy atom. The van der Waals surface area contributed by atoms with Gasteiger partial charge in [0, 0.05) is 18.3 Å². The van der Waals surface area contributed by atoms with E-state index in [0.29, 0.717) is 24.2 Å². The van der Waals surface area contributed by atoms with Crippen molar-refractivity contribution in [2.75, 3.05) is 23.8 Å². The number of fused-ring (bicyclic) bond motifs is 1. The molecule has 2 amide bonds. The van der Waals surface area contributed by atoms with Crippen LogP contribution in [0.25, 0.3) is 0 Å². The zero-order chi connectivity index (χ0) is 22.3. The Labute approximate surface area is 185 Å². The van der Waals surface area contributed by atoms with Crippen molar-refractivity contribution < 1.29 is 22.7 Å². The van der Waals surface area contributed by atoms with Crippen LogP contribution in [0.3, 0.4) is 0 Å². The fraction of sp³-hybridized carbons (Fsp3) is 0.333. The predicted molar refractivity (Wildman–Crippen MR) is 117 cm³/mol. The molecule has 2 heterocycles. The standard InChI is InChI=1S/C21H22ClN3O5S/c1-12-5-6-14(8-13(12)2)23-21(27)17-4-3-7-25(17)31(28,29)19-10-18-16(9-15(19)22)24-20(26)11-30-18/h5-6,8-10,17H,3-4,7,11H2,1-2H3,(H,23,27)(H,24,26)/t17-/m0/s1. The van der Waals surface area contributed by atoms with Crippen LogP contribution >= 0.6 is 11.6 Å². The summed E-state index contributed by atoms with van der Waals surface area (Å²) in [6, 6.07) is 7.34. The second-order valence-electron chi connectivity index (χ2n) is 7.68. The Morgan fingerprint density at radius 3 is 2.74 bits per heavy atom. The highest BCUT2D eigenvalue weighted by Gasteiger charge is 2.41. The third-order valence-corrected chi connectivity index (χ3v) is 7.91. The van der Waals surface area contributed by atoms with E-state index in [1.165, 1.54) is 16.4 Å². The van der Waals surface area contributed by atoms with Gasteiger partial charge in [-0.3, -0.25) is 9.59 Å². The van der Waals surface area contributed by atoms with Gasteiger partial charge in [0.15, 0.2) is 6.61 Å². The van der Waals surface area contributed by atoms with Crippen molar-refractivity contribution in [3.8, 4) is 5.75 Å². The fourth-order valence-corrected chi connectivity index (χ4v) is 5.92. The predicted octanol–water partition coefficient (Wildman–Crippen LogP) is 3.08. The molecule has 0 unspecified atom stereocenters. The first-order chi connectivity index (χ1) is 14.7. The highest BCUT2D eigenvalue weighted by Crippen LogP contribution is 2.38. The summed E-state index contributed by atoms with van der Waals surface area (Å²) < 4.78 is 33.3. The number of ether oxygens (including phenoxy) is 1. The second-order valence-corrected chi connectivity index (χ2v) is 9.94. The molecule has 0 aliphatic carbocycles. The van der Waals surface area contributed by atoms with Crippen LogP contribution in [-0.4, -0.2) is 43.7 Å². The zero-order valence-electron chi connectivity index (χ0n) is 17.1. The molecule has 2 aromatic rings. The minimum absolute atomic E-state index is 0.0511. The Morgan fingerprint density at radius 2 is 2.00 bits per heavy atom. The van der Waals surface area contributed by atoms with Crippen LogP contribution in [0, 0.1) is 13.8 Å². The number of rotatable bonds is 4. The number of sulfonamides is 1. The maximum absolute atomic E-state index is 13.4. The largest absolute Gasteiger partial charge is 0.482 e.